The fourth-order valence-corrected chi connectivity index (χ4v) is 4.80. The van der Waals surface area contributed by atoms with Gasteiger partial charge in [-0.05, 0) is 62.9 Å². The van der Waals surface area contributed by atoms with Gasteiger partial charge in [-0.15, -0.1) is 0 Å². The fraction of sp³-hybridized carbons (Fsp3) is 0.294. The molecule has 4 nitrogen and oxygen atoms in total. The van der Waals surface area contributed by atoms with Crippen molar-refractivity contribution in [2.45, 2.75) is 44.4 Å². The molecule has 118 valence electrons. The Balaban J connectivity index is 2.93. The Hall–Kier alpha value is -2.01. The maximum absolute atomic E-state index is 13.1. The molecule has 0 spiro atoms. The quantitative estimate of drug-likeness (QED) is 0.888. The lowest BCUT2D eigenvalue weighted by molar-refractivity contribution is 0.452. The van der Waals surface area contributed by atoms with Crippen LogP contribution < -0.4 is 0 Å². The molecule has 2 aromatic carbocycles. The summed E-state index contributed by atoms with van der Waals surface area (Å²) in [6.07, 6.45) is 0. The van der Waals surface area contributed by atoms with Crippen LogP contribution in [-0.2, 0) is 9.84 Å². The van der Waals surface area contributed by atoms with Gasteiger partial charge in [-0.1, -0.05) is 12.1 Å². The summed E-state index contributed by atoms with van der Waals surface area (Å²) in [6, 6.07) is 4.89. The molecule has 0 aliphatic rings. The van der Waals surface area contributed by atoms with Gasteiger partial charge in [0.25, 0.3) is 0 Å². The summed E-state index contributed by atoms with van der Waals surface area (Å²) in [7, 11) is -3.94. The van der Waals surface area contributed by atoms with Gasteiger partial charge >= 0.3 is 0 Å². The fourth-order valence-electron chi connectivity index (χ4n) is 2.61. The standard InChI is InChI=1S/C17H20O4S/c1-9-6-7-10(2)16(15(9)19)22(20,21)17-12(4)11(3)8-14(18)13(17)5/h6-8,18-19H,1-5H3. The molecule has 2 rings (SSSR count). The number of aromatic hydroxyl groups is 2. The third-order valence-corrected chi connectivity index (χ3v) is 6.28. The average molecular weight is 320 g/mol. The molecule has 5 heteroatoms. The SMILES string of the molecule is Cc1cc(O)c(C)c(S(=O)(=O)c2c(C)ccc(C)c2O)c1C. The van der Waals surface area contributed by atoms with Crippen LogP contribution in [0.25, 0.3) is 0 Å². The Bertz CT molecular complexity index is 839. The molecule has 0 fully saturated rings. The Morgan fingerprint density at radius 2 is 1.32 bits per heavy atom. The van der Waals surface area contributed by atoms with Crippen molar-refractivity contribution < 1.29 is 18.6 Å². The predicted molar refractivity (Wildman–Crippen MR) is 85.4 cm³/mol. The lowest BCUT2D eigenvalue weighted by atomic mass is 10.1. The molecule has 0 unspecified atom stereocenters. The predicted octanol–water partition coefficient (Wildman–Crippen LogP) is 3.47. The van der Waals surface area contributed by atoms with Gasteiger partial charge in [0, 0.05) is 5.56 Å². The Kier molecular flexibility index (Phi) is 3.96. The van der Waals surface area contributed by atoms with Crippen molar-refractivity contribution in [2.75, 3.05) is 0 Å². The highest BCUT2D eigenvalue weighted by Crippen LogP contribution is 2.39. The minimum absolute atomic E-state index is 0.0635. The van der Waals surface area contributed by atoms with Gasteiger partial charge in [0.1, 0.15) is 16.4 Å². The van der Waals surface area contributed by atoms with E-state index in [2.05, 4.69) is 0 Å². The molecule has 2 aromatic rings. The van der Waals surface area contributed by atoms with Crippen LogP contribution in [0.1, 0.15) is 27.8 Å². The highest BCUT2D eigenvalue weighted by atomic mass is 32.2. The Morgan fingerprint density at radius 3 is 1.91 bits per heavy atom. The summed E-state index contributed by atoms with van der Waals surface area (Å²) in [4.78, 5) is -0.0299. The number of hydrogen-bond donors (Lipinski definition) is 2. The minimum atomic E-state index is -3.94. The second-order valence-electron chi connectivity index (χ2n) is 5.67. The lowest BCUT2D eigenvalue weighted by Gasteiger charge is -2.17. The van der Waals surface area contributed by atoms with E-state index in [4.69, 9.17) is 0 Å². The van der Waals surface area contributed by atoms with E-state index < -0.39 is 9.84 Å². The zero-order chi connectivity index (χ0) is 16.8. The molecule has 0 aromatic heterocycles. The van der Waals surface area contributed by atoms with Crippen LogP contribution in [0.2, 0.25) is 0 Å². The van der Waals surface area contributed by atoms with Gasteiger partial charge < -0.3 is 10.2 Å². The van der Waals surface area contributed by atoms with Crippen molar-refractivity contribution in [3.8, 4) is 11.5 Å². The average Bonchev–Trinajstić information content (AvgIpc) is 2.41. The van der Waals surface area contributed by atoms with E-state index in [-0.39, 0.29) is 21.3 Å². The van der Waals surface area contributed by atoms with E-state index in [1.54, 1.807) is 52.8 Å². The summed E-state index contributed by atoms with van der Waals surface area (Å²) in [6.45, 7) is 8.32. The van der Waals surface area contributed by atoms with Crippen LogP contribution in [0.15, 0.2) is 28.0 Å². The first kappa shape index (κ1) is 16.4. The highest BCUT2D eigenvalue weighted by Gasteiger charge is 2.29. The lowest BCUT2D eigenvalue weighted by Crippen LogP contribution is -2.10. The highest BCUT2D eigenvalue weighted by molar-refractivity contribution is 7.91. The zero-order valence-corrected chi connectivity index (χ0v) is 14.2. The van der Waals surface area contributed by atoms with Crippen molar-refractivity contribution in [1.82, 2.24) is 0 Å². The van der Waals surface area contributed by atoms with E-state index in [0.29, 0.717) is 27.8 Å². The second-order valence-corrected chi connectivity index (χ2v) is 7.50. The van der Waals surface area contributed by atoms with Crippen molar-refractivity contribution >= 4 is 9.84 Å². The topological polar surface area (TPSA) is 74.6 Å². The van der Waals surface area contributed by atoms with E-state index in [1.807, 2.05) is 0 Å². The van der Waals surface area contributed by atoms with E-state index in [1.165, 1.54) is 0 Å². The molecule has 0 aliphatic carbocycles. The molecular formula is C17H20O4S. The minimum Gasteiger partial charge on any atom is -0.508 e. The first-order valence-corrected chi connectivity index (χ1v) is 8.41. The van der Waals surface area contributed by atoms with Gasteiger partial charge in [0.15, 0.2) is 0 Å². The van der Waals surface area contributed by atoms with Gasteiger partial charge in [-0.2, -0.15) is 0 Å². The first-order chi connectivity index (χ1) is 10.1. The molecule has 0 bridgehead atoms. The van der Waals surface area contributed by atoms with Gasteiger partial charge in [0.05, 0.1) is 4.90 Å². The molecule has 0 radical (unpaired) electrons. The normalized spacial score (nSPS) is 11.7. The molecule has 0 saturated carbocycles. The number of rotatable bonds is 2. The molecule has 0 heterocycles. The zero-order valence-electron chi connectivity index (χ0n) is 13.4. The summed E-state index contributed by atoms with van der Waals surface area (Å²) in [5, 5.41) is 20.2. The smallest absolute Gasteiger partial charge is 0.211 e. The summed E-state index contributed by atoms with van der Waals surface area (Å²) in [5.74, 6) is -0.300. The number of benzene rings is 2. The van der Waals surface area contributed by atoms with Crippen LogP contribution in [0.4, 0.5) is 0 Å². The van der Waals surface area contributed by atoms with Gasteiger partial charge in [0.2, 0.25) is 9.84 Å². The number of phenols is 2. The molecular weight excluding hydrogens is 300 g/mol. The summed E-state index contributed by atoms with van der Waals surface area (Å²) >= 11 is 0. The van der Waals surface area contributed by atoms with Crippen LogP contribution in [0, 0.1) is 34.6 Å². The van der Waals surface area contributed by atoms with Crippen LogP contribution in [0.5, 0.6) is 11.5 Å². The molecule has 0 amide bonds. The largest absolute Gasteiger partial charge is 0.508 e. The number of aryl methyl sites for hydroxylation is 3. The number of sulfone groups is 1. The monoisotopic (exact) mass is 320 g/mol. The molecule has 0 saturated heterocycles. The van der Waals surface area contributed by atoms with Crippen molar-refractivity contribution in [3.05, 3.63) is 46.0 Å². The van der Waals surface area contributed by atoms with Crippen molar-refractivity contribution in [3.63, 3.8) is 0 Å². The molecule has 0 atom stereocenters. The van der Waals surface area contributed by atoms with E-state index in [0.717, 1.165) is 0 Å². The number of phenolic OH excluding ortho intramolecular Hbond substituents is 2. The second kappa shape index (κ2) is 5.32. The Labute approximate surface area is 131 Å². The van der Waals surface area contributed by atoms with Crippen LogP contribution in [0.3, 0.4) is 0 Å². The summed E-state index contributed by atoms with van der Waals surface area (Å²) in [5.41, 5.74) is 2.53. The third-order valence-electron chi connectivity index (χ3n) is 4.08. The van der Waals surface area contributed by atoms with E-state index in [9.17, 15) is 18.6 Å². The molecule has 0 aliphatic heterocycles. The van der Waals surface area contributed by atoms with E-state index >= 15 is 0 Å². The first-order valence-electron chi connectivity index (χ1n) is 6.93. The van der Waals surface area contributed by atoms with Crippen molar-refractivity contribution in [2.24, 2.45) is 0 Å². The Morgan fingerprint density at radius 1 is 0.773 bits per heavy atom. The molecule has 22 heavy (non-hydrogen) atoms. The van der Waals surface area contributed by atoms with Crippen LogP contribution in [-0.4, -0.2) is 18.6 Å². The maximum Gasteiger partial charge on any atom is 0.211 e. The van der Waals surface area contributed by atoms with Gasteiger partial charge in [-0.3, -0.25) is 0 Å². The molecule has 2 N–H and O–H groups in total. The van der Waals surface area contributed by atoms with Crippen LogP contribution >= 0.6 is 0 Å². The number of hydrogen-bond acceptors (Lipinski definition) is 4. The van der Waals surface area contributed by atoms with Crippen molar-refractivity contribution in [1.29, 1.82) is 0 Å². The maximum atomic E-state index is 13.1. The summed E-state index contributed by atoms with van der Waals surface area (Å²) < 4.78 is 26.2. The third kappa shape index (κ3) is 2.35. The van der Waals surface area contributed by atoms with Gasteiger partial charge in [-0.25, -0.2) is 8.42 Å².